The smallest absolute Gasteiger partial charge is 0.392 e. The third-order valence-electron chi connectivity index (χ3n) is 10.8. The Balaban J connectivity index is 0.999. The van der Waals surface area contributed by atoms with Crippen molar-refractivity contribution in [1.29, 1.82) is 0 Å². The first-order valence-corrected chi connectivity index (χ1v) is 21.7. The summed E-state index contributed by atoms with van der Waals surface area (Å²) in [6, 6.07) is 6.77. The normalized spacial score (nSPS) is 15.7. The highest BCUT2D eigenvalue weighted by molar-refractivity contribution is 7.98. The predicted molar refractivity (Wildman–Crippen MR) is 220 cm³/mol. The molecule has 16 nitrogen and oxygen atoms in total. The molecule has 0 aliphatic carbocycles. The Morgan fingerprint density at radius 3 is 2.06 bits per heavy atom. The lowest BCUT2D eigenvalue weighted by molar-refractivity contribution is -0.142. The topological polar surface area (TPSA) is 195 Å². The number of carbonyl (C=O) groups excluding carboxylic acids is 2. The van der Waals surface area contributed by atoms with E-state index < -0.39 is 52.7 Å². The van der Waals surface area contributed by atoms with E-state index in [-0.39, 0.29) is 50.7 Å². The van der Waals surface area contributed by atoms with Gasteiger partial charge in [-0.3, -0.25) is 14.4 Å². The number of halogens is 6. The van der Waals surface area contributed by atoms with E-state index >= 15 is 0 Å². The van der Waals surface area contributed by atoms with Crippen LogP contribution in [-0.2, 0) is 50.0 Å². The number of amides is 2. The van der Waals surface area contributed by atoms with Gasteiger partial charge in [-0.05, 0) is 53.8 Å². The minimum Gasteiger partial charge on any atom is -0.392 e. The number of anilines is 2. The number of aromatic nitrogens is 8. The number of nitrogens with one attached hydrogen (secondary N) is 1. The van der Waals surface area contributed by atoms with Crippen LogP contribution in [0.2, 0.25) is 0 Å². The first kappa shape index (κ1) is 43.9. The number of rotatable bonds is 11. The van der Waals surface area contributed by atoms with E-state index in [0.717, 1.165) is 28.4 Å². The van der Waals surface area contributed by atoms with Gasteiger partial charge in [0.25, 0.3) is 11.8 Å². The molecule has 6 heterocycles. The second kappa shape index (κ2) is 16.8. The Hall–Kier alpha value is -5.72. The summed E-state index contributed by atoms with van der Waals surface area (Å²) in [6.07, 6.45) is -4.70. The molecule has 0 fully saturated rings. The number of imidazole rings is 2. The Labute approximate surface area is 362 Å². The van der Waals surface area contributed by atoms with Gasteiger partial charge in [0.1, 0.15) is 18.3 Å². The van der Waals surface area contributed by atoms with Crippen molar-refractivity contribution < 1.29 is 45.9 Å². The van der Waals surface area contributed by atoms with Crippen molar-refractivity contribution in [1.82, 2.24) is 44.5 Å². The van der Waals surface area contributed by atoms with Crippen LogP contribution in [0.4, 0.5) is 38.2 Å². The van der Waals surface area contributed by atoms with E-state index in [1.165, 1.54) is 28.4 Å². The monoisotopic (exact) mass is 916 g/mol. The average molecular weight is 917 g/mol. The van der Waals surface area contributed by atoms with Crippen LogP contribution >= 0.6 is 23.5 Å². The zero-order valence-corrected chi connectivity index (χ0v) is 35.5. The SMILES string of the molecule is CSc1cc2c(cc1CO)nc1n2CCN(c2ncc(C(=O)NOCc3cc4nc5n(c4cc3SC)CCN(c3ncc(C(N)=O)c(C(F)(F)F)n3)C5)c(C(F)(F)F)n2)C1C(C)C. The van der Waals surface area contributed by atoms with E-state index in [1.807, 2.05) is 47.4 Å². The first-order valence-electron chi connectivity index (χ1n) is 19.3. The lowest BCUT2D eigenvalue weighted by atomic mass is 10.00. The van der Waals surface area contributed by atoms with Gasteiger partial charge in [-0.15, -0.1) is 23.5 Å². The van der Waals surface area contributed by atoms with Crippen molar-refractivity contribution in [2.24, 2.45) is 11.7 Å². The van der Waals surface area contributed by atoms with Crippen LogP contribution in [0.5, 0.6) is 0 Å². The Morgan fingerprint density at radius 2 is 1.41 bits per heavy atom. The van der Waals surface area contributed by atoms with Gasteiger partial charge in [0, 0.05) is 48.4 Å². The molecule has 8 rings (SSSR count). The molecule has 2 amide bonds. The molecular formula is C39H38F6N12O4S2. The third kappa shape index (κ3) is 8.19. The van der Waals surface area contributed by atoms with E-state index in [0.29, 0.717) is 51.7 Å². The number of primary amides is 1. The van der Waals surface area contributed by atoms with Gasteiger partial charge >= 0.3 is 12.4 Å². The van der Waals surface area contributed by atoms with Crippen molar-refractivity contribution >= 4 is 69.3 Å². The summed E-state index contributed by atoms with van der Waals surface area (Å²) in [5.74, 6) is -2.05. The molecule has 1 unspecified atom stereocenters. The predicted octanol–water partition coefficient (Wildman–Crippen LogP) is 6.14. The summed E-state index contributed by atoms with van der Waals surface area (Å²) in [5.41, 5.74) is 6.59. The summed E-state index contributed by atoms with van der Waals surface area (Å²) in [4.78, 5) is 60.4. The molecule has 1 atom stereocenters. The number of nitrogens with zero attached hydrogens (tertiary/aromatic N) is 10. The fourth-order valence-electron chi connectivity index (χ4n) is 7.96. The van der Waals surface area contributed by atoms with E-state index in [2.05, 4.69) is 30.4 Å². The number of carbonyl (C=O) groups is 2. The Bertz CT molecular complexity index is 2780. The van der Waals surface area contributed by atoms with Crippen LogP contribution in [0.1, 0.15) is 74.8 Å². The van der Waals surface area contributed by atoms with Crippen LogP contribution in [0.15, 0.2) is 46.5 Å². The largest absolute Gasteiger partial charge is 0.434 e. The number of thioether (sulfide) groups is 2. The van der Waals surface area contributed by atoms with Crippen LogP contribution in [0.25, 0.3) is 22.1 Å². The molecule has 0 bridgehead atoms. The highest BCUT2D eigenvalue weighted by Gasteiger charge is 2.42. The summed E-state index contributed by atoms with van der Waals surface area (Å²) >= 11 is 2.84. The number of hydroxylamine groups is 1. The van der Waals surface area contributed by atoms with Gasteiger partial charge in [-0.1, -0.05) is 13.8 Å². The minimum absolute atomic E-state index is 0.0312. The molecule has 63 heavy (non-hydrogen) atoms. The summed E-state index contributed by atoms with van der Waals surface area (Å²) in [7, 11) is 0. The van der Waals surface area contributed by atoms with Gasteiger partial charge in [-0.2, -0.15) is 26.3 Å². The molecule has 332 valence electrons. The van der Waals surface area contributed by atoms with E-state index in [1.54, 1.807) is 17.2 Å². The van der Waals surface area contributed by atoms with Gasteiger partial charge < -0.3 is 29.8 Å². The van der Waals surface area contributed by atoms with Crippen molar-refractivity contribution in [2.45, 2.75) is 74.9 Å². The third-order valence-corrected chi connectivity index (χ3v) is 12.5. The molecule has 2 aromatic carbocycles. The number of nitrogens with two attached hydrogens (primary N) is 1. The van der Waals surface area contributed by atoms with Crippen molar-refractivity contribution in [3.8, 4) is 0 Å². The van der Waals surface area contributed by atoms with E-state index in [4.69, 9.17) is 15.6 Å². The van der Waals surface area contributed by atoms with Gasteiger partial charge in [0.05, 0.1) is 52.4 Å². The quantitative estimate of drug-likeness (QED) is 0.0762. The number of aliphatic hydroxyl groups is 1. The lowest BCUT2D eigenvalue weighted by Gasteiger charge is -2.38. The number of aliphatic hydroxyl groups excluding tert-OH is 1. The molecule has 4 aromatic heterocycles. The summed E-state index contributed by atoms with van der Waals surface area (Å²) < 4.78 is 89.0. The second-order valence-electron chi connectivity index (χ2n) is 15.0. The number of fused-ring (bicyclic) bond motifs is 6. The molecule has 0 radical (unpaired) electrons. The molecule has 2 aliphatic rings. The zero-order chi connectivity index (χ0) is 45.1. The molecule has 24 heteroatoms. The number of alkyl halides is 6. The number of hydrogen-bond acceptors (Lipinski definition) is 14. The maximum Gasteiger partial charge on any atom is 0.434 e. The van der Waals surface area contributed by atoms with Crippen LogP contribution in [0.3, 0.4) is 0 Å². The maximum atomic E-state index is 14.6. The highest BCUT2D eigenvalue weighted by Crippen LogP contribution is 2.40. The minimum atomic E-state index is -5.04. The van der Waals surface area contributed by atoms with Gasteiger partial charge in [0.15, 0.2) is 11.4 Å². The zero-order valence-electron chi connectivity index (χ0n) is 33.9. The molecule has 4 N–H and O–H groups in total. The average Bonchev–Trinajstić information content (AvgIpc) is 3.80. The molecule has 6 aromatic rings. The van der Waals surface area contributed by atoms with Crippen molar-refractivity contribution in [2.75, 3.05) is 35.4 Å². The Morgan fingerprint density at radius 1 is 0.825 bits per heavy atom. The Kier molecular flexibility index (Phi) is 11.7. The molecule has 2 aliphatic heterocycles. The van der Waals surface area contributed by atoms with Gasteiger partial charge in [0.2, 0.25) is 11.9 Å². The van der Waals surface area contributed by atoms with Crippen LogP contribution in [0, 0.1) is 5.92 Å². The lowest BCUT2D eigenvalue weighted by Crippen LogP contribution is -2.42. The second-order valence-corrected chi connectivity index (χ2v) is 16.7. The molecule has 0 saturated carbocycles. The summed E-state index contributed by atoms with van der Waals surface area (Å²) in [6.45, 7) is 4.58. The van der Waals surface area contributed by atoms with Crippen LogP contribution < -0.4 is 21.0 Å². The fraction of sp³-hybridized carbons (Fsp3) is 0.385. The number of hydrogen-bond donors (Lipinski definition) is 3. The number of benzene rings is 2. The highest BCUT2D eigenvalue weighted by atomic mass is 32.2. The van der Waals surface area contributed by atoms with Crippen molar-refractivity contribution in [3.63, 3.8) is 0 Å². The van der Waals surface area contributed by atoms with Crippen molar-refractivity contribution in [3.05, 3.63) is 81.9 Å². The maximum absolute atomic E-state index is 14.6. The first-order chi connectivity index (χ1) is 29.9. The summed E-state index contributed by atoms with van der Waals surface area (Å²) in [5, 5.41) is 9.91. The standard InChI is InChI=1S/C39H38F6N12O4S2/c1-18(2)30-34-50-24-9-19(16-58)27(62-3)12-26(24)56(34)7-8-57(30)37-48-14-22(32(52-37)39(43,44)45)35(60)53-61-17-20-10-23-25(11-28(20)63-4)55-6-5-54(15-29(55)49-23)36-47-13-21(33(46)59)31(51-36)38(40,41)42/h9-14,18,30,58H,5-8,15-17H2,1-4H3,(H2,46,59)(H,53,60). The molecule has 0 saturated heterocycles. The van der Waals surface area contributed by atoms with Crippen LogP contribution in [-0.4, -0.2) is 81.6 Å². The molecule has 0 spiro atoms. The van der Waals surface area contributed by atoms with Gasteiger partial charge in [-0.25, -0.2) is 35.4 Å². The molecular weight excluding hydrogens is 879 g/mol. The fourth-order valence-corrected chi connectivity index (χ4v) is 9.19. The van der Waals surface area contributed by atoms with E-state index in [9.17, 15) is 41.0 Å².